The molecule has 166 valence electrons. The number of methoxy groups -OCH3 is 1. The van der Waals surface area contributed by atoms with E-state index in [4.69, 9.17) is 4.74 Å². The molecule has 0 aliphatic heterocycles. The van der Waals surface area contributed by atoms with Crippen molar-refractivity contribution in [2.24, 2.45) is 23.2 Å². The smallest absolute Gasteiger partial charge is 0.185 e. The number of aliphatic hydroxyl groups is 1. The fourth-order valence-corrected chi connectivity index (χ4v) is 9.33. The van der Waals surface area contributed by atoms with Gasteiger partial charge in [-0.1, -0.05) is 38.1 Å². The molecule has 4 nitrogen and oxygen atoms in total. The lowest BCUT2D eigenvalue weighted by Gasteiger charge is -2.54. The third kappa shape index (κ3) is 3.00. The molecular weight excluding hydrogens is 408 g/mol. The third-order valence-corrected chi connectivity index (χ3v) is 11.1. The summed E-state index contributed by atoms with van der Waals surface area (Å²) in [6, 6.07) is 14.9. The Hall–Kier alpha value is -1.85. The minimum Gasteiger partial charge on any atom is -0.497 e. The van der Waals surface area contributed by atoms with E-state index in [-0.39, 0.29) is 23.4 Å². The van der Waals surface area contributed by atoms with Crippen LogP contribution in [0.4, 0.5) is 0 Å². The van der Waals surface area contributed by atoms with Gasteiger partial charge in [0.15, 0.2) is 9.84 Å². The predicted octanol–water partition coefficient (Wildman–Crippen LogP) is 5.13. The summed E-state index contributed by atoms with van der Waals surface area (Å²) in [5, 5.41) is 10.2. The Morgan fingerprint density at radius 2 is 1.77 bits per heavy atom. The summed E-state index contributed by atoms with van der Waals surface area (Å²) in [4.78, 5) is 0.379. The Balaban J connectivity index is 1.70. The van der Waals surface area contributed by atoms with Gasteiger partial charge in [-0.3, -0.25) is 0 Å². The van der Waals surface area contributed by atoms with Crippen molar-refractivity contribution >= 4 is 9.84 Å². The van der Waals surface area contributed by atoms with Gasteiger partial charge in [0.2, 0.25) is 0 Å². The highest BCUT2D eigenvalue weighted by molar-refractivity contribution is 7.91. The summed E-state index contributed by atoms with van der Waals surface area (Å²) < 4.78 is 33.5. The molecule has 1 N–H and O–H groups in total. The van der Waals surface area contributed by atoms with Crippen LogP contribution in [-0.4, -0.2) is 26.7 Å². The highest BCUT2D eigenvalue weighted by Gasteiger charge is 2.59. The minimum absolute atomic E-state index is 0.0373. The van der Waals surface area contributed by atoms with E-state index in [2.05, 4.69) is 19.9 Å². The lowest BCUT2D eigenvalue weighted by atomic mass is 9.52. The molecule has 3 aliphatic rings. The van der Waals surface area contributed by atoms with E-state index in [1.807, 2.05) is 18.2 Å². The van der Waals surface area contributed by atoms with E-state index in [9.17, 15) is 13.5 Å². The number of aliphatic hydroxyl groups excluding tert-OH is 1. The Morgan fingerprint density at radius 1 is 1.03 bits per heavy atom. The van der Waals surface area contributed by atoms with Crippen LogP contribution < -0.4 is 4.74 Å². The monoisotopic (exact) mass is 440 g/mol. The summed E-state index contributed by atoms with van der Waals surface area (Å²) >= 11 is 0. The summed E-state index contributed by atoms with van der Waals surface area (Å²) in [6.07, 6.45) is 3.51. The first-order valence-corrected chi connectivity index (χ1v) is 13.0. The van der Waals surface area contributed by atoms with Gasteiger partial charge in [-0.25, -0.2) is 8.42 Å². The molecule has 3 aliphatic carbocycles. The van der Waals surface area contributed by atoms with E-state index >= 15 is 0 Å². The van der Waals surface area contributed by atoms with Crippen molar-refractivity contribution in [1.29, 1.82) is 0 Å². The van der Waals surface area contributed by atoms with E-state index in [1.54, 1.807) is 31.4 Å². The molecule has 5 heteroatoms. The average molecular weight is 441 g/mol. The zero-order valence-corrected chi connectivity index (χ0v) is 19.3. The number of benzene rings is 2. The molecular formula is C26H32O4S. The van der Waals surface area contributed by atoms with Gasteiger partial charge in [-0.05, 0) is 90.2 Å². The van der Waals surface area contributed by atoms with Crippen molar-refractivity contribution in [3.05, 3.63) is 59.7 Å². The maximum atomic E-state index is 14.0. The van der Waals surface area contributed by atoms with Crippen molar-refractivity contribution in [1.82, 2.24) is 0 Å². The molecule has 0 amide bonds. The van der Waals surface area contributed by atoms with Gasteiger partial charge in [0.25, 0.3) is 0 Å². The van der Waals surface area contributed by atoms with Gasteiger partial charge in [0, 0.05) is 0 Å². The molecule has 0 radical (unpaired) electrons. The Bertz CT molecular complexity index is 1080. The van der Waals surface area contributed by atoms with Crippen molar-refractivity contribution in [3.8, 4) is 5.75 Å². The number of rotatable bonds is 3. The van der Waals surface area contributed by atoms with Crippen LogP contribution in [0, 0.1) is 23.2 Å². The Labute approximate surface area is 185 Å². The van der Waals surface area contributed by atoms with Crippen molar-refractivity contribution in [2.45, 2.75) is 61.7 Å². The fraction of sp³-hybridized carbons (Fsp3) is 0.538. The highest BCUT2D eigenvalue weighted by atomic mass is 32.2. The molecule has 2 saturated carbocycles. The maximum Gasteiger partial charge on any atom is 0.185 e. The Kier molecular flexibility index (Phi) is 4.98. The molecule has 5 rings (SSSR count). The van der Waals surface area contributed by atoms with Crippen LogP contribution in [0.5, 0.6) is 5.75 Å². The van der Waals surface area contributed by atoms with Crippen LogP contribution >= 0.6 is 0 Å². The fourth-order valence-electron chi connectivity index (χ4n) is 7.22. The zero-order valence-electron chi connectivity index (χ0n) is 18.5. The molecule has 2 aromatic rings. The number of sulfone groups is 1. The van der Waals surface area contributed by atoms with Crippen molar-refractivity contribution < 1.29 is 18.3 Å². The molecule has 0 bridgehead atoms. The third-order valence-electron chi connectivity index (χ3n) is 8.77. The van der Waals surface area contributed by atoms with Crippen LogP contribution in [0.2, 0.25) is 0 Å². The van der Waals surface area contributed by atoms with Crippen molar-refractivity contribution in [2.75, 3.05) is 7.11 Å². The molecule has 0 aromatic heterocycles. The van der Waals surface area contributed by atoms with Crippen LogP contribution in [0.25, 0.3) is 0 Å². The molecule has 0 saturated heterocycles. The largest absolute Gasteiger partial charge is 0.497 e. The maximum absolute atomic E-state index is 14.0. The van der Waals surface area contributed by atoms with E-state index < -0.39 is 15.1 Å². The lowest BCUT2D eigenvalue weighted by Crippen LogP contribution is -2.48. The van der Waals surface area contributed by atoms with E-state index in [0.29, 0.717) is 22.5 Å². The quantitative estimate of drug-likeness (QED) is 0.719. The van der Waals surface area contributed by atoms with Gasteiger partial charge < -0.3 is 9.84 Å². The first-order valence-electron chi connectivity index (χ1n) is 11.4. The second-order valence-corrected chi connectivity index (χ2v) is 12.1. The highest BCUT2D eigenvalue weighted by Crippen LogP contribution is 2.65. The summed E-state index contributed by atoms with van der Waals surface area (Å²) in [5.41, 5.74) is 1.96. The van der Waals surface area contributed by atoms with Crippen LogP contribution in [0.3, 0.4) is 0 Å². The summed E-state index contributed by atoms with van der Waals surface area (Å²) in [5.74, 6) is 1.60. The van der Waals surface area contributed by atoms with Gasteiger partial charge in [-0.2, -0.15) is 0 Å². The molecule has 31 heavy (non-hydrogen) atoms. The van der Waals surface area contributed by atoms with E-state index in [0.717, 1.165) is 36.8 Å². The summed E-state index contributed by atoms with van der Waals surface area (Å²) in [7, 11) is -1.95. The van der Waals surface area contributed by atoms with Gasteiger partial charge >= 0.3 is 0 Å². The normalized spacial score (nSPS) is 36.9. The topological polar surface area (TPSA) is 63.6 Å². The Morgan fingerprint density at radius 3 is 2.48 bits per heavy atom. The number of hydrogen-bond donors (Lipinski definition) is 1. The van der Waals surface area contributed by atoms with Crippen molar-refractivity contribution in [3.63, 3.8) is 0 Å². The lowest BCUT2D eigenvalue weighted by molar-refractivity contribution is -0.0364. The van der Waals surface area contributed by atoms with Crippen LogP contribution in [-0.2, 0) is 9.84 Å². The molecule has 0 heterocycles. The predicted molar refractivity (Wildman–Crippen MR) is 121 cm³/mol. The molecule has 7 atom stereocenters. The average Bonchev–Trinajstić information content (AvgIpc) is 3.08. The first-order chi connectivity index (χ1) is 14.8. The standard InChI is InChI=1S/C26H32O4S/c1-16-24-20(13-14-26(2)22(24)11-12-23(26)27)19-10-9-17(30-3)15-21(19)25(16)31(28,29)18-7-5-4-6-8-18/h4-10,15-16,20,22-25,27H,11-14H2,1-3H3. The van der Waals surface area contributed by atoms with E-state index in [1.165, 1.54) is 0 Å². The number of hydrogen-bond acceptors (Lipinski definition) is 4. The second-order valence-electron chi connectivity index (χ2n) is 10.1. The zero-order chi connectivity index (χ0) is 22.0. The molecule has 7 unspecified atom stereocenters. The minimum atomic E-state index is -3.58. The van der Waals surface area contributed by atoms with Gasteiger partial charge in [0.05, 0.1) is 23.4 Å². The number of fused-ring (bicyclic) bond motifs is 5. The summed E-state index contributed by atoms with van der Waals surface area (Å²) in [6.45, 7) is 4.35. The van der Waals surface area contributed by atoms with Gasteiger partial charge in [-0.15, -0.1) is 0 Å². The van der Waals surface area contributed by atoms with Gasteiger partial charge in [0.1, 0.15) is 5.75 Å². The molecule has 2 aromatic carbocycles. The van der Waals surface area contributed by atoms with Crippen LogP contribution in [0.1, 0.15) is 61.8 Å². The molecule has 2 fully saturated rings. The SMILES string of the molecule is COc1ccc2c(c1)C(S(=O)(=O)c1ccccc1)C(C)C1C2CCC2(C)C(O)CCC12. The first kappa shape index (κ1) is 21.0. The second kappa shape index (κ2) is 7.35. The van der Waals surface area contributed by atoms with Crippen LogP contribution in [0.15, 0.2) is 53.4 Å². The number of ether oxygens (including phenoxy) is 1. The molecule has 0 spiro atoms.